The molecule has 1 fully saturated rings. The number of rotatable bonds is 0. The van der Waals surface area contributed by atoms with Crippen molar-refractivity contribution < 1.29 is 0 Å². The van der Waals surface area contributed by atoms with Crippen molar-refractivity contribution in [1.82, 2.24) is 5.32 Å². The van der Waals surface area contributed by atoms with Crippen molar-refractivity contribution >= 4 is 6.72 Å². The molecule has 0 saturated carbocycles. The summed E-state index contributed by atoms with van der Waals surface area (Å²) in [5.41, 5.74) is 0. The quantitative estimate of drug-likeness (QED) is 0.453. The van der Waals surface area contributed by atoms with Crippen LogP contribution in [0.2, 0.25) is 0 Å². The first-order chi connectivity index (χ1) is 4.00. The van der Waals surface area contributed by atoms with Crippen LogP contribution in [0.4, 0.5) is 0 Å². The first-order valence-corrected chi connectivity index (χ1v) is 3.06. The van der Waals surface area contributed by atoms with Gasteiger partial charge in [-0.1, -0.05) is 6.42 Å². The Morgan fingerprint density at radius 1 is 1.00 bits per heavy atom. The zero-order chi connectivity index (χ0) is 6.24. The standard InChI is InChI=1S/C5H11N.CH3N/c1-2-4-6-5-3-1;1-2/h6H,1-5H2;2H,1H2. The molecule has 1 saturated heterocycles. The fraction of sp³-hybridized carbons (Fsp3) is 0.833. The van der Waals surface area contributed by atoms with Gasteiger partial charge in [0.15, 0.2) is 0 Å². The smallest absolute Gasteiger partial charge is 0.00489 e. The minimum absolute atomic E-state index is 1.25. The Morgan fingerprint density at radius 2 is 1.50 bits per heavy atom. The van der Waals surface area contributed by atoms with E-state index in [4.69, 9.17) is 5.41 Å². The Balaban J connectivity index is 0.000000222. The molecule has 0 radical (unpaired) electrons. The van der Waals surface area contributed by atoms with Gasteiger partial charge in [0.1, 0.15) is 0 Å². The fourth-order valence-corrected chi connectivity index (χ4v) is 0.802. The molecule has 1 aliphatic rings. The van der Waals surface area contributed by atoms with E-state index in [1.807, 2.05) is 0 Å². The van der Waals surface area contributed by atoms with Crippen LogP contribution in [-0.2, 0) is 0 Å². The molecule has 0 spiro atoms. The van der Waals surface area contributed by atoms with Gasteiger partial charge in [0.05, 0.1) is 0 Å². The lowest BCUT2D eigenvalue weighted by atomic mass is 10.2. The van der Waals surface area contributed by atoms with Crippen LogP contribution in [0, 0.1) is 5.41 Å². The Labute approximate surface area is 50.8 Å². The summed E-state index contributed by atoms with van der Waals surface area (Å²) in [6.07, 6.45) is 4.22. The molecule has 0 bridgehead atoms. The first kappa shape index (κ1) is 7.63. The molecule has 1 heterocycles. The number of nitrogens with one attached hydrogen (secondary N) is 2. The Kier molecular flexibility index (Phi) is 6.32. The maximum absolute atomic E-state index is 5.50. The summed E-state index contributed by atoms with van der Waals surface area (Å²) >= 11 is 0. The maximum atomic E-state index is 5.50. The van der Waals surface area contributed by atoms with E-state index in [1.54, 1.807) is 0 Å². The number of piperidine rings is 1. The van der Waals surface area contributed by atoms with Gasteiger partial charge in [-0.3, -0.25) is 0 Å². The fourth-order valence-electron chi connectivity index (χ4n) is 0.802. The SMILES string of the molecule is C1CCNCC1.C=N. The zero-order valence-corrected chi connectivity index (χ0v) is 5.24. The van der Waals surface area contributed by atoms with Crippen molar-refractivity contribution in [2.75, 3.05) is 13.1 Å². The van der Waals surface area contributed by atoms with E-state index in [2.05, 4.69) is 12.0 Å². The van der Waals surface area contributed by atoms with Crippen molar-refractivity contribution in [3.63, 3.8) is 0 Å². The Morgan fingerprint density at radius 3 is 1.62 bits per heavy atom. The Bertz CT molecular complexity index is 30.3. The molecule has 0 atom stereocenters. The minimum atomic E-state index is 1.25. The second-order valence-corrected chi connectivity index (χ2v) is 1.81. The summed E-state index contributed by atoms with van der Waals surface area (Å²) in [6, 6.07) is 0. The maximum Gasteiger partial charge on any atom is -0.00489 e. The summed E-state index contributed by atoms with van der Waals surface area (Å²) in [7, 11) is 0. The molecule has 2 heteroatoms. The average Bonchev–Trinajstić information content (AvgIpc) is 1.96. The van der Waals surface area contributed by atoms with Gasteiger partial charge in [-0.2, -0.15) is 0 Å². The topological polar surface area (TPSA) is 35.9 Å². The van der Waals surface area contributed by atoms with Gasteiger partial charge >= 0.3 is 0 Å². The predicted octanol–water partition coefficient (Wildman–Crippen LogP) is 1.03. The summed E-state index contributed by atoms with van der Waals surface area (Å²) < 4.78 is 0. The number of hydrogen-bond donors (Lipinski definition) is 2. The van der Waals surface area contributed by atoms with Gasteiger partial charge in [-0.15, -0.1) is 0 Å². The van der Waals surface area contributed by atoms with E-state index in [0.717, 1.165) is 0 Å². The molecule has 2 N–H and O–H groups in total. The van der Waals surface area contributed by atoms with Crippen LogP contribution >= 0.6 is 0 Å². The molecule has 1 aliphatic heterocycles. The molecule has 2 nitrogen and oxygen atoms in total. The van der Waals surface area contributed by atoms with Gasteiger partial charge in [0, 0.05) is 0 Å². The van der Waals surface area contributed by atoms with Crippen LogP contribution in [0.1, 0.15) is 19.3 Å². The monoisotopic (exact) mass is 114 g/mol. The van der Waals surface area contributed by atoms with Crippen molar-refractivity contribution in [2.45, 2.75) is 19.3 Å². The highest BCUT2D eigenvalue weighted by molar-refractivity contribution is 5.15. The Hall–Kier alpha value is -0.370. The molecule has 0 amide bonds. The molecule has 8 heavy (non-hydrogen) atoms. The molecule has 1 rings (SSSR count). The second-order valence-electron chi connectivity index (χ2n) is 1.81. The van der Waals surface area contributed by atoms with E-state index in [1.165, 1.54) is 32.4 Å². The van der Waals surface area contributed by atoms with Crippen molar-refractivity contribution in [3.8, 4) is 0 Å². The third-order valence-electron chi connectivity index (χ3n) is 1.21. The second kappa shape index (κ2) is 6.63. The van der Waals surface area contributed by atoms with Gasteiger partial charge in [0.25, 0.3) is 0 Å². The van der Waals surface area contributed by atoms with Crippen LogP contribution < -0.4 is 5.32 Å². The lowest BCUT2D eigenvalue weighted by Crippen LogP contribution is -2.21. The molecule has 0 aromatic carbocycles. The summed E-state index contributed by atoms with van der Waals surface area (Å²) in [5, 5.41) is 8.78. The van der Waals surface area contributed by atoms with Crippen LogP contribution in [0.3, 0.4) is 0 Å². The normalized spacial score (nSPS) is 18.5. The van der Waals surface area contributed by atoms with E-state index < -0.39 is 0 Å². The van der Waals surface area contributed by atoms with Crippen molar-refractivity contribution in [1.29, 1.82) is 5.41 Å². The minimum Gasteiger partial charge on any atom is -0.317 e. The van der Waals surface area contributed by atoms with Crippen LogP contribution in [-0.4, -0.2) is 19.8 Å². The summed E-state index contributed by atoms with van der Waals surface area (Å²) in [6.45, 7) is 5.00. The predicted molar refractivity (Wildman–Crippen MR) is 36.6 cm³/mol. The molecular formula is C6H14N2. The van der Waals surface area contributed by atoms with Crippen LogP contribution in [0.25, 0.3) is 0 Å². The van der Waals surface area contributed by atoms with E-state index in [9.17, 15) is 0 Å². The first-order valence-electron chi connectivity index (χ1n) is 3.06. The third kappa shape index (κ3) is 3.81. The highest BCUT2D eigenvalue weighted by Gasteiger charge is 1.93. The zero-order valence-electron chi connectivity index (χ0n) is 5.24. The molecule has 48 valence electrons. The van der Waals surface area contributed by atoms with Crippen LogP contribution in [0.5, 0.6) is 0 Å². The molecule has 0 aromatic rings. The lowest BCUT2D eigenvalue weighted by molar-refractivity contribution is 0.520. The highest BCUT2D eigenvalue weighted by atomic mass is 14.9. The van der Waals surface area contributed by atoms with Crippen molar-refractivity contribution in [2.24, 2.45) is 0 Å². The van der Waals surface area contributed by atoms with E-state index >= 15 is 0 Å². The molecular weight excluding hydrogens is 100 g/mol. The van der Waals surface area contributed by atoms with Crippen molar-refractivity contribution in [3.05, 3.63) is 0 Å². The largest absolute Gasteiger partial charge is 0.317 e. The summed E-state index contributed by atoms with van der Waals surface area (Å²) in [4.78, 5) is 0. The molecule has 0 aliphatic carbocycles. The molecule has 0 unspecified atom stereocenters. The van der Waals surface area contributed by atoms with Crippen LogP contribution in [0.15, 0.2) is 0 Å². The third-order valence-corrected chi connectivity index (χ3v) is 1.21. The average molecular weight is 114 g/mol. The van der Waals surface area contributed by atoms with E-state index in [0.29, 0.717) is 0 Å². The van der Waals surface area contributed by atoms with Gasteiger partial charge in [-0.25, -0.2) is 0 Å². The van der Waals surface area contributed by atoms with Gasteiger partial charge < -0.3 is 10.7 Å². The molecule has 0 aromatic heterocycles. The number of hydrogen-bond acceptors (Lipinski definition) is 2. The van der Waals surface area contributed by atoms with Gasteiger partial charge in [0.2, 0.25) is 0 Å². The van der Waals surface area contributed by atoms with Gasteiger partial charge in [-0.05, 0) is 32.6 Å². The van der Waals surface area contributed by atoms with E-state index in [-0.39, 0.29) is 0 Å². The summed E-state index contributed by atoms with van der Waals surface area (Å²) in [5.74, 6) is 0. The highest BCUT2D eigenvalue weighted by Crippen LogP contribution is 1.96. The lowest BCUT2D eigenvalue weighted by Gasteiger charge is -2.08.